The number of morpholine rings is 1. The summed E-state index contributed by atoms with van der Waals surface area (Å²) in [6.45, 7) is 4.45. The van der Waals surface area contributed by atoms with E-state index in [-0.39, 0.29) is 11.9 Å². The summed E-state index contributed by atoms with van der Waals surface area (Å²) >= 11 is 0. The lowest BCUT2D eigenvalue weighted by Crippen LogP contribution is -2.51. The van der Waals surface area contributed by atoms with Gasteiger partial charge in [-0.2, -0.15) is 4.98 Å². The average molecular weight is 382 g/mol. The molecule has 9 heteroatoms. The Labute approximate surface area is 161 Å². The first-order valence-electron chi connectivity index (χ1n) is 9.09. The SMILES string of the molecule is Cc1cn(-c2ccc(Nc3ncc4c(n3)N3CCOCC3CO4)cc2F)cn1. The third-order valence-electron chi connectivity index (χ3n) is 4.86. The molecule has 0 saturated carbocycles. The van der Waals surface area contributed by atoms with E-state index < -0.39 is 0 Å². The second kappa shape index (κ2) is 6.75. The molecule has 1 unspecified atom stereocenters. The summed E-state index contributed by atoms with van der Waals surface area (Å²) in [5.74, 6) is 1.42. The van der Waals surface area contributed by atoms with Crippen LogP contribution in [-0.4, -0.2) is 51.9 Å². The number of hydrogen-bond donors (Lipinski definition) is 1. The quantitative estimate of drug-likeness (QED) is 0.746. The molecule has 2 aliphatic rings. The molecule has 1 atom stereocenters. The van der Waals surface area contributed by atoms with Crippen LogP contribution in [0.4, 0.5) is 21.8 Å². The summed E-state index contributed by atoms with van der Waals surface area (Å²) in [4.78, 5) is 15.2. The summed E-state index contributed by atoms with van der Waals surface area (Å²) in [6.07, 6.45) is 5.01. The molecule has 3 aromatic rings. The van der Waals surface area contributed by atoms with Gasteiger partial charge in [0, 0.05) is 18.4 Å². The van der Waals surface area contributed by atoms with E-state index >= 15 is 0 Å². The minimum absolute atomic E-state index is 0.152. The van der Waals surface area contributed by atoms with E-state index in [1.54, 1.807) is 35.4 Å². The molecule has 2 aromatic heterocycles. The van der Waals surface area contributed by atoms with Gasteiger partial charge in [0.2, 0.25) is 5.95 Å². The van der Waals surface area contributed by atoms with Gasteiger partial charge in [-0.1, -0.05) is 0 Å². The molecule has 0 amide bonds. The number of nitrogens with one attached hydrogen (secondary N) is 1. The number of aryl methyl sites for hydroxylation is 1. The van der Waals surface area contributed by atoms with Gasteiger partial charge in [-0.3, -0.25) is 0 Å². The molecule has 1 saturated heterocycles. The molecular weight excluding hydrogens is 363 g/mol. The van der Waals surface area contributed by atoms with Crippen LogP contribution >= 0.6 is 0 Å². The first kappa shape index (κ1) is 16.9. The Morgan fingerprint density at radius 3 is 3.00 bits per heavy atom. The van der Waals surface area contributed by atoms with Crippen LogP contribution in [0.5, 0.6) is 5.75 Å². The van der Waals surface area contributed by atoms with E-state index in [1.165, 1.54) is 6.07 Å². The van der Waals surface area contributed by atoms with E-state index in [1.807, 2.05) is 6.92 Å². The largest absolute Gasteiger partial charge is 0.486 e. The second-order valence-electron chi connectivity index (χ2n) is 6.83. The number of nitrogens with zero attached hydrogens (tertiary/aromatic N) is 5. The standard InChI is InChI=1S/C19H19FN6O2/c1-12-8-25(11-22-12)16-3-2-13(6-15(16)20)23-19-21-7-17-18(24-19)26-4-5-27-9-14(26)10-28-17/h2-3,6-8,11,14H,4-5,9-10H2,1H3,(H,21,23,24). The summed E-state index contributed by atoms with van der Waals surface area (Å²) in [7, 11) is 0. The van der Waals surface area contributed by atoms with Crippen molar-refractivity contribution in [2.24, 2.45) is 0 Å². The Balaban J connectivity index is 1.40. The molecule has 144 valence electrons. The molecule has 28 heavy (non-hydrogen) atoms. The first-order valence-corrected chi connectivity index (χ1v) is 9.09. The predicted molar refractivity (Wildman–Crippen MR) is 101 cm³/mol. The minimum atomic E-state index is -0.364. The highest BCUT2D eigenvalue weighted by Gasteiger charge is 2.32. The van der Waals surface area contributed by atoms with E-state index in [2.05, 4.69) is 25.2 Å². The lowest BCUT2D eigenvalue weighted by Gasteiger charge is -2.40. The van der Waals surface area contributed by atoms with Crippen molar-refractivity contribution in [1.29, 1.82) is 0 Å². The van der Waals surface area contributed by atoms with Gasteiger partial charge in [0.15, 0.2) is 11.6 Å². The Kier molecular flexibility index (Phi) is 4.09. The number of anilines is 3. The molecule has 1 fully saturated rings. The zero-order valence-electron chi connectivity index (χ0n) is 15.3. The Bertz CT molecular complexity index is 1020. The van der Waals surface area contributed by atoms with Gasteiger partial charge in [-0.15, -0.1) is 0 Å². The van der Waals surface area contributed by atoms with Gasteiger partial charge < -0.3 is 24.3 Å². The fourth-order valence-corrected chi connectivity index (χ4v) is 3.46. The molecule has 0 bridgehead atoms. The van der Waals surface area contributed by atoms with Crippen LogP contribution in [0.3, 0.4) is 0 Å². The van der Waals surface area contributed by atoms with Crippen LogP contribution in [-0.2, 0) is 4.74 Å². The monoisotopic (exact) mass is 382 g/mol. The molecule has 5 rings (SSSR count). The van der Waals surface area contributed by atoms with Crippen molar-refractivity contribution in [2.75, 3.05) is 36.6 Å². The van der Waals surface area contributed by atoms with Crippen molar-refractivity contribution >= 4 is 17.5 Å². The van der Waals surface area contributed by atoms with Crippen LogP contribution in [0.15, 0.2) is 36.9 Å². The number of imidazole rings is 1. The smallest absolute Gasteiger partial charge is 0.229 e. The third kappa shape index (κ3) is 3.03. The highest BCUT2D eigenvalue weighted by atomic mass is 19.1. The first-order chi connectivity index (χ1) is 13.7. The molecular formula is C19H19FN6O2. The van der Waals surface area contributed by atoms with Crippen LogP contribution < -0.4 is 15.0 Å². The fourth-order valence-electron chi connectivity index (χ4n) is 3.46. The number of ether oxygens (including phenoxy) is 2. The van der Waals surface area contributed by atoms with Crippen molar-refractivity contribution in [3.8, 4) is 11.4 Å². The average Bonchev–Trinajstić information content (AvgIpc) is 3.14. The van der Waals surface area contributed by atoms with Gasteiger partial charge in [-0.25, -0.2) is 14.4 Å². The maximum Gasteiger partial charge on any atom is 0.229 e. The molecule has 0 aliphatic carbocycles. The predicted octanol–water partition coefficient (Wildman–Crippen LogP) is 2.45. The topological polar surface area (TPSA) is 77.3 Å². The van der Waals surface area contributed by atoms with Crippen molar-refractivity contribution in [3.63, 3.8) is 0 Å². The number of aromatic nitrogens is 4. The molecule has 4 heterocycles. The molecule has 1 N–H and O–H groups in total. The zero-order valence-corrected chi connectivity index (χ0v) is 15.3. The Morgan fingerprint density at radius 1 is 1.25 bits per heavy atom. The molecule has 8 nitrogen and oxygen atoms in total. The second-order valence-corrected chi connectivity index (χ2v) is 6.83. The summed E-state index contributed by atoms with van der Waals surface area (Å²) in [5.41, 5.74) is 1.82. The number of fused-ring (bicyclic) bond motifs is 3. The highest BCUT2D eigenvalue weighted by molar-refractivity contribution is 5.61. The van der Waals surface area contributed by atoms with E-state index in [0.717, 1.165) is 18.1 Å². The molecule has 1 aromatic carbocycles. The van der Waals surface area contributed by atoms with Crippen LogP contribution in [0.2, 0.25) is 0 Å². The summed E-state index contributed by atoms with van der Waals surface area (Å²) in [5, 5.41) is 3.07. The molecule has 2 aliphatic heterocycles. The number of halogens is 1. The van der Waals surface area contributed by atoms with Gasteiger partial charge in [-0.05, 0) is 25.1 Å². The number of rotatable bonds is 3. The lowest BCUT2D eigenvalue weighted by atomic mass is 10.2. The van der Waals surface area contributed by atoms with E-state index in [9.17, 15) is 4.39 Å². The number of benzene rings is 1. The fraction of sp³-hybridized carbons (Fsp3) is 0.316. The Morgan fingerprint density at radius 2 is 2.18 bits per heavy atom. The maximum absolute atomic E-state index is 14.6. The van der Waals surface area contributed by atoms with Crippen LogP contribution in [0.1, 0.15) is 5.69 Å². The lowest BCUT2D eigenvalue weighted by molar-refractivity contribution is 0.0696. The van der Waals surface area contributed by atoms with Gasteiger partial charge in [0.25, 0.3) is 0 Å². The zero-order chi connectivity index (χ0) is 19.1. The van der Waals surface area contributed by atoms with E-state index in [4.69, 9.17) is 9.47 Å². The third-order valence-corrected chi connectivity index (χ3v) is 4.86. The highest BCUT2D eigenvalue weighted by Crippen LogP contribution is 2.33. The van der Waals surface area contributed by atoms with E-state index in [0.29, 0.717) is 42.9 Å². The minimum Gasteiger partial charge on any atom is -0.486 e. The summed E-state index contributed by atoms with van der Waals surface area (Å²) < 4.78 is 27.5. The van der Waals surface area contributed by atoms with Crippen molar-refractivity contribution in [2.45, 2.75) is 13.0 Å². The van der Waals surface area contributed by atoms with Gasteiger partial charge in [0.1, 0.15) is 12.4 Å². The van der Waals surface area contributed by atoms with Crippen LogP contribution in [0, 0.1) is 12.7 Å². The van der Waals surface area contributed by atoms with Crippen LogP contribution in [0.25, 0.3) is 5.69 Å². The van der Waals surface area contributed by atoms with Gasteiger partial charge >= 0.3 is 0 Å². The molecule has 0 spiro atoms. The van der Waals surface area contributed by atoms with Crippen molar-refractivity contribution in [3.05, 3.63) is 48.4 Å². The normalized spacial score (nSPS) is 18.2. The summed E-state index contributed by atoms with van der Waals surface area (Å²) in [6, 6.07) is 5.05. The number of hydrogen-bond acceptors (Lipinski definition) is 7. The van der Waals surface area contributed by atoms with Crippen molar-refractivity contribution < 1.29 is 13.9 Å². The molecule has 0 radical (unpaired) electrons. The maximum atomic E-state index is 14.6. The Hall–Kier alpha value is -3.20. The van der Waals surface area contributed by atoms with Crippen molar-refractivity contribution in [1.82, 2.24) is 19.5 Å². The van der Waals surface area contributed by atoms with Gasteiger partial charge in [0.05, 0.1) is 43.2 Å².